The van der Waals surface area contributed by atoms with Gasteiger partial charge in [-0.15, -0.1) is 0 Å². The van der Waals surface area contributed by atoms with Crippen molar-refractivity contribution >= 4 is 11.6 Å². The van der Waals surface area contributed by atoms with Crippen molar-refractivity contribution in [2.75, 3.05) is 13.7 Å². The standard InChI is InChI=1S/C19H18ClN3O4/c1-26-14-5-4-11(16(20)17(14)24)9-23-7-6-13-12(10-23)19(25)22-18(21-13)15-3-2-8-27-15/h2-5,8,24H,6-7,9-10H2,1H3,(H,21,22,25). The van der Waals surface area contributed by atoms with E-state index in [-0.39, 0.29) is 16.3 Å². The van der Waals surface area contributed by atoms with E-state index in [1.807, 2.05) is 6.07 Å². The average molecular weight is 388 g/mol. The summed E-state index contributed by atoms with van der Waals surface area (Å²) in [5.74, 6) is 1.24. The lowest BCUT2D eigenvalue weighted by atomic mass is 10.1. The maximum absolute atomic E-state index is 12.5. The Hall–Kier alpha value is -2.77. The van der Waals surface area contributed by atoms with Gasteiger partial charge in [-0.3, -0.25) is 9.69 Å². The Morgan fingerprint density at radius 2 is 2.26 bits per heavy atom. The van der Waals surface area contributed by atoms with E-state index in [4.69, 9.17) is 20.8 Å². The molecule has 0 unspecified atom stereocenters. The smallest absolute Gasteiger partial charge is 0.256 e. The topological polar surface area (TPSA) is 91.6 Å². The second-order valence-corrected chi connectivity index (χ2v) is 6.75. The molecule has 0 radical (unpaired) electrons. The number of nitrogens with one attached hydrogen (secondary N) is 1. The van der Waals surface area contributed by atoms with E-state index in [2.05, 4.69) is 14.9 Å². The number of benzene rings is 1. The predicted molar refractivity (Wildman–Crippen MR) is 100 cm³/mol. The summed E-state index contributed by atoms with van der Waals surface area (Å²) < 4.78 is 10.4. The lowest BCUT2D eigenvalue weighted by Gasteiger charge is -2.28. The average Bonchev–Trinajstić information content (AvgIpc) is 3.21. The van der Waals surface area contributed by atoms with Crippen LogP contribution in [0.15, 0.2) is 39.7 Å². The number of methoxy groups -OCH3 is 1. The van der Waals surface area contributed by atoms with Crippen molar-refractivity contribution in [1.29, 1.82) is 0 Å². The van der Waals surface area contributed by atoms with Gasteiger partial charge in [-0.1, -0.05) is 17.7 Å². The number of hydrogen-bond donors (Lipinski definition) is 2. The van der Waals surface area contributed by atoms with Gasteiger partial charge in [0.15, 0.2) is 23.1 Å². The van der Waals surface area contributed by atoms with Crippen LogP contribution >= 0.6 is 11.6 Å². The van der Waals surface area contributed by atoms with Crippen LogP contribution in [0.1, 0.15) is 16.8 Å². The van der Waals surface area contributed by atoms with Gasteiger partial charge < -0.3 is 19.2 Å². The number of phenolic OH excluding ortho intramolecular Hbond substituents is 1. The van der Waals surface area contributed by atoms with Crippen molar-refractivity contribution in [2.45, 2.75) is 19.5 Å². The van der Waals surface area contributed by atoms with Crippen LogP contribution in [0, 0.1) is 0 Å². The van der Waals surface area contributed by atoms with Crippen molar-refractivity contribution in [3.05, 3.63) is 62.7 Å². The van der Waals surface area contributed by atoms with E-state index in [0.29, 0.717) is 42.4 Å². The van der Waals surface area contributed by atoms with E-state index in [1.165, 1.54) is 7.11 Å². The van der Waals surface area contributed by atoms with Gasteiger partial charge in [0, 0.05) is 26.1 Å². The maximum atomic E-state index is 12.5. The van der Waals surface area contributed by atoms with E-state index < -0.39 is 0 Å². The molecule has 140 valence electrons. The molecule has 0 atom stereocenters. The molecular formula is C19H18ClN3O4. The molecule has 7 nitrogen and oxygen atoms in total. The molecule has 0 amide bonds. The molecule has 0 fully saturated rings. The Morgan fingerprint density at radius 1 is 1.41 bits per heavy atom. The van der Waals surface area contributed by atoms with Crippen molar-refractivity contribution in [2.24, 2.45) is 0 Å². The van der Waals surface area contributed by atoms with Crippen molar-refractivity contribution in [1.82, 2.24) is 14.9 Å². The maximum Gasteiger partial charge on any atom is 0.256 e. The van der Waals surface area contributed by atoms with Gasteiger partial charge in [-0.2, -0.15) is 0 Å². The normalized spacial score (nSPS) is 14.1. The molecule has 0 spiro atoms. The quantitative estimate of drug-likeness (QED) is 0.715. The number of rotatable bonds is 4. The number of fused-ring (bicyclic) bond motifs is 1. The zero-order chi connectivity index (χ0) is 19.0. The molecule has 3 heterocycles. The number of ether oxygens (including phenoxy) is 1. The molecule has 2 N–H and O–H groups in total. The second kappa shape index (κ2) is 7.09. The number of phenols is 1. The van der Waals surface area contributed by atoms with Crippen molar-refractivity contribution in [3.8, 4) is 23.1 Å². The fraction of sp³-hybridized carbons (Fsp3) is 0.263. The van der Waals surface area contributed by atoms with Crippen LogP contribution in [-0.4, -0.2) is 33.6 Å². The van der Waals surface area contributed by atoms with Crippen LogP contribution in [0.25, 0.3) is 11.6 Å². The third-order valence-electron chi connectivity index (χ3n) is 4.68. The number of furan rings is 1. The number of halogens is 1. The summed E-state index contributed by atoms with van der Waals surface area (Å²) in [4.78, 5) is 22.0. The van der Waals surface area contributed by atoms with Gasteiger partial charge in [0.05, 0.1) is 29.7 Å². The summed E-state index contributed by atoms with van der Waals surface area (Å²) >= 11 is 6.26. The molecule has 0 aliphatic carbocycles. The summed E-state index contributed by atoms with van der Waals surface area (Å²) in [5.41, 5.74) is 2.03. The van der Waals surface area contributed by atoms with Crippen LogP contribution in [0.5, 0.6) is 11.5 Å². The van der Waals surface area contributed by atoms with Gasteiger partial charge in [0.1, 0.15) is 0 Å². The Morgan fingerprint density at radius 3 is 3.00 bits per heavy atom. The summed E-state index contributed by atoms with van der Waals surface area (Å²) in [7, 11) is 1.48. The number of aromatic amines is 1. The van der Waals surface area contributed by atoms with Crippen LogP contribution in [-0.2, 0) is 19.5 Å². The fourth-order valence-electron chi connectivity index (χ4n) is 3.26. The third-order valence-corrected chi connectivity index (χ3v) is 5.10. The van der Waals surface area contributed by atoms with E-state index in [9.17, 15) is 9.90 Å². The van der Waals surface area contributed by atoms with E-state index in [0.717, 1.165) is 17.8 Å². The van der Waals surface area contributed by atoms with Crippen LogP contribution in [0.4, 0.5) is 0 Å². The van der Waals surface area contributed by atoms with Crippen LogP contribution in [0.2, 0.25) is 5.02 Å². The second-order valence-electron chi connectivity index (χ2n) is 6.37. The Labute approximate surface area is 160 Å². The number of aromatic hydroxyl groups is 1. The summed E-state index contributed by atoms with van der Waals surface area (Å²) in [6.07, 6.45) is 2.19. The molecule has 0 saturated carbocycles. The highest BCUT2D eigenvalue weighted by Crippen LogP contribution is 2.37. The minimum Gasteiger partial charge on any atom is -0.503 e. The minimum absolute atomic E-state index is 0.0725. The van der Waals surface area contributed by atoms with Gasteiger partial charge >= 0.3 is 0 Å². The Balaban J connectivity index is 1.57. The first-order valence-electron chi connectivity index (χ1n) is 8.49. The van der Waals surface area contributed by atoms with E-state index in [1.54, 1.807) is 24.5 Å². The van der Waals surface area contributed by atoms with Gasteiger partial charge in [0.2, 0.25) is 0 Å². The minimum atomic E-state index is -0.167. The number of hydrogen-bond acceptors (Lipinski definition) is 6. The lowest BCUT2D eigenvalue weighted by molar-refractivity contribution is 0.241. The van der Waals surface area contributed by atoms with Gasteiger partial charge in [0.25, 0.3) is 5.56 Å². The molecule has 4 rings (SSSR count). The lowest BCUT2D eigenvalue weighted by Crippen LogP contribution is -2.35. The van der Waals surface area contributed by atoms with Crippen molar-refractivity contribution in [3.63, 3.8) is 0 Å². The zero-order valence-electron chi connectivity index (χ0n) is 14.7. The molecule has 8 heteroatoms. The van der Waals surface area contributed by atoms with Crippen LogP contribution in [0.3, 0.4) is 0 Å². The summed E-state index contributed by atoms with van der Waals surface area (Å²) in [6.45, 7) is 1.69. The highest BCUT2D eigenvalue weighted by Gasteiger charge is 2.23. The SMILES string of the molecule is COc1ccc(CN2CCc3nc(-c4ccco4)[nH]c(=O)c3C2)c(Cl)c1O. The first-order valence-corrected chi connectivity index (χ1v) is 8.87. The van der Waals surface area contributed by atoms with E-state index >= 15 is 0 Å². The first kappa shape index (κ1) is 17.6. The Bertz CT molecular complexity index is 1030. The molecule has 1 aliphatic heterocycles. The first-order chi connectivity index (χ1) is 13.1. The molecule has 1 aliphatic rings. The summed E-state index contributed by atoms with van der Waals surface area (Å²) in [6, 6.07) is 7.01. The third kappa shape index (κ3) is 3.31. The molecule has 27 heavy (non-hydrogen) atoms. The fourth-order valence-corrected chi connectivity index (χ4v) is 3.48. The number of aromatic nitrogens is 2. The van der Waals surface area contributed by atoms with Crippen molar-refractivity contribution < 1.29 is 14.3 Å². The molecule has 2 aromatic heterocycles. The van der Waals surface area contributed by atoms with Crippen LogP contribution < -0.4 is 10.3 Å². The molecular weight excluding hydrogens is 370 g/mol. The largest absolute Gasteiger partial charge is 0.503 e. The summed E-state index contributed by atoms with van der Waals surface area (Å²) in [5, 5.41) is 10.3. The highest BCUT2D eigenvalue weighted by molar-refractivity contribution is 6.33. The number of nitrogens with zero attached hydrogens (tertiary/aromatic N) is 2. The highest BCUT2D eigenvalue weighted by atomic mass is 35.5. The van der Waals surface area contributed by atoms with Gasteiger partial charge in [-0.25, -0.2) is 4.98 Å². The monoisotopic (exact) mass is 387 g/mol. The molecule has 0 saturated heterocycles. The number of H-pyrrole nitrogens is 1. The molecule has 3 aromatic rings. The Kier molecular flexibility index (Phi) is 4.63. The predicted octanol–water partition coefficient (Wildman–Crippen LogP) is 2.96. The molecule has 0 bridgehead atoms. The van der Waals surface area contributed by atoms with Gasteiger partial charge in [-0.05, 0) is 23.8 Å². The molecule has 1 aromatic carbocycles. The zero-order valence-corrected chi connectivity index (χ0v) is 15.4.